The van der Waals surface area contributed by atoms with Crippen molar-refractivity contribution >= 4 is 49.2 Å². The SMILES string of the molecule is CCCCCCCC[P+](CCCCCCCC)(CCCCCCCC)CCCCCCCCCCNCCCCCN(O)C(=O)CCC(=O)NCCCCCN(O)C(=O)CCC(=O)NCCCCCN(O)C(C)=O.Cl.[Cl-]. The zero-order valence-electron chi connectivity index (χ0n) is 49.3. The molecule has 0 aromatic rings. The van der Waals surface area contributed by atoms with Gasteiger partial charge in [0.25, 0.3) is 0 Å². The average Bonchev–Trinajstić information content (AvgIpc) is 3.39. The van der Waals surface area contributed by atoms with Crippen molar-refractivity contribution in [2.45, 2.75) is 278 Å². The van der Waals surface area contributed by atoms with E-state index in [1.165, 1.54) is 174 Å². The van der Waals surface area contributed by atoms with E-state index in [0.717, 1.165) is 37.4 Å². The molecule has 0 heterocycles. The van der Waals surface area contributed by atoms with Crippen LogP contribution < -0.4 is 28.4 Å². The summed E-state index contributed by atoms with van der Waals surface area (Å²) in [5, 5.41) is 40.7. The van der Waals surface area contributed by atoms with Crippen molar-refractivity contribution < 1.29 is 52.0 Å². The number of hydrogen-bond donors (Lipinski definition) is 6. The van der Waals surface area contributed by atoms with Gasteiger partial charge in [-0.25, -0.2) is 15.2 Å². The number of nitrogens with one attached hydrogen (secondary N) is 3. The Labute approximate surface area is 478 Å². The summed E-state index contributed by atoms with van der Waals surface area (Å²) in [5.74, 6) is -1.96. The number of unbranched alkanes of at least 4 members (excludes halogenated alkanes) is 28. The molecule has 14 nitrogen and oxygen atoms in total. The Morgan fingerprint density at radius 3 is 0.934 bits per heavy atom. The van der Waals surface area contributed by atoms with Crippen LogP contribution in [0.3, 0.4) is 0 Å². The molecule has 5 amide bonds. The standard InChI is InChI=1S/C59H117N6O8P.2ClH/c1-5-8-11-14-22-36-51-74(52-37-23-15-12-9-6-2,53-38-24-16-13-10-7-3)54-39-25-20-18-17-19-21-29-44-60-45-30-26-34-49-64(72)58(69)42-40-57(68)62-47-32-28-35-50-65(73)59(70)43-41-56(67)61-46-31-27-33-48-63(71)55(4)66;;/h60,71-73H,5-54H2,1-4H3,(H-,61,62,67,68);2*1H. The number of rotatable bonds is 56. The largest absolute Gasteiger partial charge is 1.00 e. The molecule has 0 fully saturated rings. The summed E-state index contributed by atoms with van der Waals surface area (Å²) in [4.78, 5) is 59.8. The Morgan fingerprint density at radius 1 is 0.355 bits per heavy atom. The van der Waals surface area contributed by atoms with Crippen molar-refractivity contribution in [1.29, 1.82) is 0 Å². The van der Waals surface area contributed by atoms with E-state index in [2.05, 4.69) is 36.7 Å². The minimum Gasteiger partial charge on any atom is -1.00 e. The van der Waals surface area contributed by atoms with Gasteiger partial charge in [0.1, 0.15) is 0 Å². The van der Waals surface area contributed by atoms with Crippen LogP contribution in [0, 0.1) is 0 Å². The van der Waals surface area contributed by atoms with E-state index < -0.39 is 25.0 Å². The monoisotopic (exact) mass is 1140 g/mol. The van der Waals surface area contributed by atoms with Gasteiger partial charge in [-0.1, -0.05) is 136 Å². The molecule has 0 radical (unpaired) electrons. The summed E-state index contributed by atoms with van der Waals surface area (Å²) in [6.07, 6.45) is 49.3. The first-order chi connectivity index (χ1) is 35.9. The van der Waals surface area contributed by atoms with Crippen molar-refractivity contribution in [3.8, 4) is 0 Å². The molecule has 0 rings (SSSR count). The third-order valence-electron chi connectivity index (χ3n) is 14.7. The molecule has 0 aliphatic carbocycles. The number of carbonyl (C=O) groups is 5. The second kappa shape index (κ2) is 57.9. The van der Waals surface area contributed by atoms with E-state index in [0.29, 0.717) is 61.7 Å². The minimum absolute atomic E-state index is 0. The first-order valence-electron chi connectivity index (χ1n) is 31.0. The second-order valence-corrected chi connectivity index (χ2v) is 26.1. The maximum atomic E-state index is 12.4. The van der Waals surface area contributed by atoms with Gasteiger partial charge >= 0.3 is 0 Å². The first-order valence-corrected chi connectivity index (χ1v) is 33.5. The van der Waals surface area contributed by atoms with Crippen LogP contribution >= 0.6 is 19.7 Å². The van der Waals surface area contributed by atoms with Gasteiger partial charge in [-0.3, -0.25) is 39.6 Å². The molecule has 6 N–H and O–H groups in total. The number of nitrogens with zero attached hydrogens (tertiary/aromatic N) is 3. The molecular formula is C59H119Cl2N6O8P. The maximum Gasteiger partial charge on any atom is 0.246 e. The molecule has 0 saturated heterocycles. The fourth-order valence-corrected chi connectivity index (χ4v) is 14.7. The number of halogens is 2. The summed E-state index contributed by atoms with van der Waals surface area (Å²) in [5.41, 5.74) is 0. The molecule has 0 aliphatic rings. The molecule has 0 unspecified atom stereocenters. The molecule has 0 atom stereocenters. The highest BCUT2D eigenvalue weighted by atomic mass is 35.5. The van der Waals surface area contributed by atoms with Crippen molar-refractivity contribution in [3.05, 3.63) is 0 Å². The van der Waals surface area contributed by atoms with Crippen LogP contribution in [0.2, 0.25) is 0 Å². The Balaban J connectivity index is -0.0000266. The van der Waals surface area contributed by atoms with Crippen LogP contribution in [-0.4, -0.2) is 131 Å². The zero-order chi connectivity index (χ0) is 54.6. The lowest BCUT2D eigenvalue weighted by atomic mass is 10.1. The molecule has 0 aromatic heterocycles. The number of amides is 5. The van der Waals surface area contributed by atoms with Crippen molar-refractivity contribution in [3.63, 3.8) is 0 Å². The van der Waals surface area contributed by atoms with E-state index >= 15 is 0 Å². The Hall–Kier alpha value is -1.80. The van der Waals surface area contributed by atoms with Crippen LogP contribution in [-0.2, 0) is 24.0 Å². The molecule has 0 bridgehead atoms. The summed E-state index contributed by atoms with van der Waals surface area (Å²) in [7, 11) is -0.848. The predicted octanol–water partition coefficient (Wildman–Crippen LogP) is 11.2. The Morgan fingerprint density at radius 2 is 0.618 bits per heavy atom. The molecule has 0 spiro atoms. The van der Waals surface area contributed by atoms with Gasteiger partial charge in [-0.05, 0) is 122 Å². The van der Waals surface area contributed by atoms with E-state index in [4.69, 9.17) is 0 Å². The average molecular weight is 1140 g/mol. The van der Waals surface area contributed by atoms with Crippen molar-refractivity contribution in [1.82, 2.24) is 31.1 Å². The summed E-state index contributed by atoms with van der Waals surface area (Å²) in [6, 6.07) is 0. The third kappa shape index (κ3) is 50.4. The first kappa shape index (κ1) is 78.4. The zero-order valence-corrected chi connectivity index (χ0v) is 51.8. The highest BCUT2D eigenvalue weighted by Crippen LogP contribution is 2.61. The van der Waals surface area contributed by atoms with Crippen LogP contribution in [0.25, 0.3) is 0 Å². The van der Waals surface area contributed by atoms with Gasteiger partial charge in [-0.2, -0.15) is 0 Å². The highest BCUT2D eigenvalue weighted by Gasteiger charge is 2.35. The lowest BCUT2D eigenvalue weighted by Crippen LogP contribution is -3.00. The number of hydroxylamine groups is 6. The number of hydrogen-bond acceptors (Lipinski definition) is 9. The molecule has 0 saturated carbocycles. The van der Waals surface area contributed by atoms with Gasteiger partial charge < -0.3 is 28.4 Å². The second-order valence-electron chi connectivity index (χ2n) is 21.7. The molecule has 17 heteroatoms. The van der Waals surface area contributed by atoms with Gasteiger partial charge in [0.2, 0.25) is 29.5 Å². The van der Waals surface area contributed by atoms with E-state index in [1.54, 1.807) is 24.6 Å². The summed E-state index contributed by atoms with van der Waals surface area (Å²) < 4.78 is 0. The molecule has 76 heavy (non-hydrogen) atoms. The summed E-state index contributed by atoms with van der Waals surface area (Å²) >= 11 is 0. The number of carbonyl (C=O) groups excluding carboxylic acids is 5. The van der Waals surface area contributed by atoms with Gasteiger partial charge in [0, 0.05) is 72.6 Å². The van der Waals surface area contributed by atoms with Crippen molar-refractivity contribution in [2.75, 3.05) is 70.5 Å². The van der Waals surface area contributed by atoms with Crippen LogP contribution in [0.15, 0.2) is 0 Å². The van der Waals surface area contributed by atoms with Crippen LogP contribution in [0.4, 0.5) is 0 Å². The Kier molecular flexibility index (Phi) is 59.7. The topological polar surface area (TPSA) is 192 Å². The predicted molar refractivity (Wildman–Crippen MR) is 316 cm³/mol. The summed E-state index contributed by atoms with van der Waals surface area (Å²) in [6.45, 7) is 11.7. The molecule has 0 aromatic carbocycles. The Bertz CT molecular complexity index is 1320. The van der Waals surface area contributed by atoms with Gasteiger partial charge in [-0.15, -0.1) is 12.4 Å². The minimum atomic E-state index is -0.848. The van der Waals surface area contributed by atoms with Crippen molar-refractivity contribution in [2.24, 2.45) is 0 Å². The van der Waals surface area contributed by atoms with E-state index in [9.17, 15) is 39.6 Å². The third-order valence-corrected chi connectivity index (χ3v) is 19.8. The maximum absolute atomic E-state index is 12.4. The molecule has 452 valence electrons. The smallest absolute Gasteiger partial charge is 0.246 e. The lowest BCUT2D eigenvalue weighted by Gasteiger charge is -2.28. The van der Waals surface area contributed by atoms with Crippen LogP contribution in [0.1, 0.15) is 278 Å². The highest BCUT2D eigenvalue weighted by molar-refractivity contribution is 7.75. The molecule has 0 aliphatic heterocycles. The van der Waals surface area contributed by atoms with E-state index in [-0.39, 0.29) is 81.9 Å². The fourth-order valence-electron chi connectivity index (χ4n) is 9.79. The van der Waals surface area contributed by atoms with Crippen LogP contribution in [0.5, 0.6) is 0 Å². The fraction of sp³-hybridized carbons (Fsp3) is 0.915. The quantitative estimate of drug-likeness (QED) is 0.0149. The van der Waals surface area contributed by atoms with Gasteiger partial charge in [0.05, 0.1) is 24.6 Å². The van der Waals surface area contributed by atoms with Gasteiger partial charge in [0.15, 0.2) is 0 Å². The lowest BCUT2D eigenvalue weighted by molar-refractivity contribution is -0.166. The molecular weight excluding hydrogens is 1020 g/mol. The van der Waals surface area contributed by atoms with E-state index in [1.807, 2.05) is 0 Å². The normalized spacial score (nSPS) is 11.2.